The summed E-state index contributed by atoms with van der Waals surface area (Å²) < 4.78 is 85.9. The zero-order valence-corrected chi connectivity index (χ0v) is 31.9. The molecule has 8 rings (SSSR count). The van der Waals surface area contributed by atoms with Gasteiger partial charge in [0.25, 0.3) is 0 Å². The molecule has 0 bridgehead atoms. The summed E-state index contributed by atoms with van der Waals surface area (Å²) in [6.07, 6.45) is -5.35. The van der Waals surface area contributed by atoms with E-state index in [2.05, 4.69) is 74.2 Å². The van der Waals surface area contributed by atoms with E-state index in [4.69, 9.17) is 9.47 Å². The van der Waals surface area contributed by atoms with Crippen LogP contribution in [0.25, 0.3) is 0 Å². The van der Waals surface area contributed by atoms with Crippen molar-refractivity contribution in [3.8, 4) is 23.3 Å². The number of hydrogen-bond acceptors (Lipinski definition) is 9. The zero-order valence-electron chi connectivity index (χ0n) is 29.5. The second-order valence-electron chi connectivity index (χ2n) is 12.2. The summed E-state index contributed by atoms with van der Waals surface area (Å²) in [6, 6.07) is 28.1. The van der Waals surface area contributed by atoms with Gasteiger partial charge in [0.1, 0.15) is 11.6 Å². The Labute approximate surface area is 331 Å². The van der Waals surface area contributed by atoms with Crippen LogP contribution >= 0.6 is 0 Å². The van der Waals surface area contributed by atoms with Crippen LogP contribution in [0.3, 0.4) is 0 Å². The van der Waals surface area contributed by atoms with E-state index in [-0.39, 0.29) is 43.4 Å². The largest absolute Gasteiger partial charge is 0.513 e. The Morgan fingerprint density at radius 2 is 1.25 bits per heavy atom. The maximum atomic E-state index is 12.5. The van der Waals surface area contributed by atoms with Crippen LogP contribution < -0.4 is 29.5 Å². The van der Waals surface area contributed by atoms with Crippen LogP contribution in [0.15, 0.2) is 97.3 Å². The summed E-state index contributed by atoms with van der Waals surface area (Å²) in [5, 5.41) is 3.28. The van der Waals surface area contributed by atoms with Gasteiger partial charge < -0.3 is 29.5 Å². The van der Waals surface area contributed by atoms with Crippen molar-refractivity contribution < 1.29 is 55.9 Å². The fourth-order valence-corrected chi connectivity index (χ4v) is 5.68. The smallest absolute Gasteiger partial charge is 0.370 e. The molecule has 56 heavy (non-hydrogen) atoms. The molecular formula is C40H28F6IrN7O2-5. The maximum absolute atomic E-state index is 12.5. The van der Waals surface area contributed by atoms with Gasteiger partial charge in [0.15, 0.2) is 0 Å². The molecule has 5 heterocycles. The topological polar surface area (TPSA) is 78.9 Å². The Balaban J connectivity index is 0.000000187. The monoisotopic (exact) mass is 945 g/mol. The molecule has 291 valence electrons. The second-order valence-corrected chi connectivity index (χ2v) is 12.2. The Kier molecular flexibility index (Phi) is 11.4. The Morgan fingerprint density at radius 1 is 0.696 bits per heavy atom. The molecule has 3 aromatic heterocycles. The molecule has 9 nitrogen and oxygen atoms in total. The molecule has 1 radical (unpaired) electrons. The third-order valence-corrected chi connectivity index (χ3v) is 8.28. The Hall–Kier alpha value is -5.86. The van der Waals surface area contributed by atoms with Gasteiger partial charge in [0, 0.05) is 67.5 Å². The quantitative estimate of drug-likeness (QED) is 0.130. The van der Waals surface area contributed by atoms with Crippen molar-refractivity contribution in [2.24, 2.45) is 0 Å². The van der Waals surface area contributed by atoms with E-state index >= 15 is 0 Å². The summed E-state index contributed by atoms with van der Waals surface area (Å²) in [7, 11) is 2.03. The number of nitrogens with one attached hydrogen (secondary N) is 1. The van der Waals surface area contributed by atoms with Crippen molar-refractivity contribution >= 4 is 34.4 Å². The van der Waals surface area contributed by atoms with Crippen LogP contribution in [-0.4, -0.2) is 22.0 Å². The number of halogens is 6. The average Bonchev–Trinajstić information content (AvgIpc) is 3.73. The van der Waals surface area contributed by atoms with Gasteiger partial charge in [-0.15, -0.1) is 41.5 Å². The molecule has 16 heteroatoms. The number of anilines is 6. The average molecular weight is 945 g/mol. The molecule has 2 aliphatic heterocycles. The number of pyridine rings is 3. The van der Waals surface area contributed by atoms with Gasteiger partial charge in [0.05, 0.1) is 0 Å². The second kappa shape index (κ2) is 16.1. The first-order valence-electron chi connectivity index (χ1n) is 16.4. The van der Waals surface area contributed by atoms with E-state index in [1.807, 2.05) is 49.7 Å². The van der Waals surface area contributed by atoms with E-state index in [9.17, 15) is 26.3 Å². The van der Waals surface area contributed by atoms with Crippen LogP contribution in [0, 0.1) is 45.4 Å². The first-order chi connectivity index (χ1) is 26.2. The molecule has 6 aromatic rings. The van der Waals surface area contributed by atoms with Gasteiger partial charge in [-0.2, -0.15) is 75.0 Å². The first-order valence-corrected chi connectivity index (χ1v) is 16.4. The van der Waals surface area contributed by atoms with Crippen molar-refractivity contribution in [1.29, 1.82) is 0 Å². The summed E-state index contributed by atoms with van der Waals surface area (Å²) >= 11 is 0. The van der Waals surface area contributed by atoms with E-state index in [0.29, 0.717) is 0 Å². The first kappa shape index (κ1) is 39.8. The van der Waals surface area contributed by atoms with Crippen molar-refractivity contribution in [3.63, 3.8) is 0 Å². The minimum Gasteiger partial charge on any atom is -0.513 e. The molecule has 3 aromatic carbocycles. The number of ether oxygens (including phenoxy) is 2. The minimum absolute atomic E-state index is 0. The van der Waals surface area contributed by atoms with Crippen LogP contribution in [0.4, 0.5) is 60.7 Å². The van der Waals surface area contributed by atoms with Crippen LogP contribution in [0.2, 0.25) is 0 Å². The molecule has 0 amide bonds. The fraction of sp³-hybridized carbons (Fsp3) is 0.125. The molecule has 0 saturated carbocycles. The number of aryl methyl sites for hydroxylation is 2. The van der Waals surface area contributed by atoms with Crippen molar-refractivity contribution in [3.05, 3.63) is 151 Å². The predicted octanol–water partition coefficient (Wildman–Crippen LogP) is 10.6. The molecule has 1 N–H and O–H groups in total. The van der Waals surface area contributed by atoms with Crippen molar-refractivity contribution in [2.75, 3.05) is 27.1 Å². The van der Waals surface area contributed by atoms with Gasteiger partial charge in [0.2, 0.25) is 11.8 Å². The van der Waals surface area contributed by atoms with E-state index < -0.39 is 23.5 Å². The molecule has 2 aliphatic rings. The molecule has 0 saturated heterocycles. The number of rotatable bonds is 6. The molecule has 0 atom stereocenters. The summed E-state index contributed by atoms with van der Waals surface area (Å²) in [4.78, 5) is 19.3. The van der Waals surface area contributed by atoms with Gasteiger partial charge in [-0.25, -0.2) is 9.97 Å². The predicted molar refractivity (Wildman–Crippen MR) is 193 cm³/mol. The van der Waals surface area contributed by atoms with Crippen molar-refractivity contribution in [2.45, 2.75) is 26.2 Å². The number of hydrogen-bond donors (Lipinski definition) is 1. The number of alkyl halides is 6. The van der Waals surface area contributed by atoms with E-state index in [1.165, 1.54) is 18.2 Å². The number of benzene rings is 3. The number of aromatic nitrogens is 3. The Bertz CT molecular complexity index is 2230. The molecule has 0 spiro atoms. The van der Waals surface area contributed by atoms with Crippen molar-refractivity contribution in [1.82, 2.24) is 15.0 Å². The normalized spacial score (nSPS) is 13.2. The van der Waals surface area contributed by atoms with Gasteiger partial charge in [-0.3, -0.25) is 0 Å². The SMILES string of the molecule is Cc1cc(C)c(N2[CH-]N(C)c3cccnc32)[c-]c1N1[CH-]Nc2cccnc21.FC(F)(F)c1c[c-]c(Oc2cccc(Oc3[c-]cc(C(F)(F)F)cc3)n2)cc1.[Ir]. The third kappa shape index (κ3) is 8.66. The zero-order chi connectivity index (χ0) is 38.9. The third-order valence-electron chi connectivity index (χ3n) is 8.28. The summed E-state index contributed by atoms with van der Waals surface area (Å²) in [6.45, 7) is 8.19. The van der Waals surface area contributed by atoms with Crippen LogP contribution in [0.1, 0.15) is 22.3 Å². The molecule has 0 aliphatic carbocycles. The van der Waals surface area contributed by atoms with Crippen LogP contribution in [-0.2, 0) is 32.5 Å². The number of fused-ring (bicyclic) bond motifs is 2. The standard InChI is InChI=1S/C21H19N6.C19H9F6NO2.Ir/c1-14-10-15(2)19(27-13-25(3)17-7-5-9-23-21(17)27)11-18(14)26-12-24-16-6-4-8-22-20(16)26;20-18(21,22)12-4-8-14(9-5-12)27-16-2-1-3-17(26-16)28-15-10-6-13(7-11-15)19(23,24)25;/h4-10,12-13,24H,1-3H3;1-8,10H;/q-3;-2;. The Morgan fingerprint density at radius 3 is 1.80 bits per heavy atom. The molecule has 0 fully saturated rings. The maximum Gasteiger partial charge on any atom is 0.370 e. The van der Waals surface area contributed by atoms with E-state index in [1.54, 1.807) is 6.20 Å². The summed E-state index contributed by atoms with van der Waals surface area (Å²) in [5.41, 5.74) is 4.57. The van der Waals surface area contributed by atoms with Gasteiger partial charge in [-0.1, -0.05) is 42.4 Å². The summed E-state index contributed by atoms with van der Waals surface area (Å²) in [5.74, 6) is 1.79. The van der Waals surface area contributed by atoms with Gasteiger partial charge >= 0.3 is 12.4 Å². The fourth-order valence-electron chi connectivity index (χ4n) is 5.68. The van der Waals surface area contributed by atoms with Gasteiger partial charge in [-0.05, 0) is 31.3 Å². The minimum atomic E-state index is -4.49. The molecule has 0 unspecified atom stereocenters. The van der Waals surface area contributed by atoms with E-state index in [0.717, 1.165) is 81.9 Å². The molecular weight excluding hydrogens is 917 g/mol. The number of nitrogens with zero attached hydrogens (tertiary/aromatic N) is 6. The van der Waals surface area contributed by atoms with Crippen LogP contribution in [0.5, 0.6) is 23.3 Å².